The maximum absolute atomic E-state index is 3.14. The number of aryl methyl sites for hydroxylation is 2. The first-order valence-corrected chi connectivity index (χ1v) is 3.82. The van der Waals surface area contributed by atoms with Crippen LogP contribution in [0.4, 0.5) is 0 Å². The average Bonchev–Trinajstić information content (AvgIpc) is 2.17. The summed E-state index contributed by atoms with van der Waals surface area (Å²) in [5, 5.41) is 0. The van der Waals surface area contributed by atoms with Crippen molar-refractivity contribution in [2.75, 3.05) is 0 Å². The molecule has 0 saturated heterocycles. The van der Waals surface area contributed by atoms with Gasteiger partial charge >= 0.3 is 0 Å². The Balaban J connectivity index is 0. The van der Waals surface area contributed by atoms with Gasteiger partial charge in [-0.1, -0.05) is 20.3 Å². The molecule has 1 aromatic heterocycles. The van der Waals surface area contributed by atoms with Crippen molar-refractivity contribution < 1.29 is 1.43 Å². The highest BCUT2D eigenvalue weighted by Crippen LogP contribution is 1.95. The summed E-state index contributed by atoms with van der Waals surface area (Å²) in [7, 11) is 0. The lowest BCUT2D eigenvalue weighted by Gasteiger charge is -1.77. The van der Waals surface area contributed by atoms with Gasteiger partial charge in [-0.15, -0.1) is 0 Å². The molecule has 0 aliphatic carbocycles. The quantitative estimate of drug-likeness (QED) is 0.570. The highest BCUT2D eigenvalue weighted by atomic mass is 14.7. The minimum absolute atomic E-state index is 0. The second-order valence-electron chi connectivity index (χ2n) is 2.53. The van der Waals surface area contributed by atoms with Gasteiger partial charge in [0.1, 0.15) is 0 Å². The van der Waals surface area contributed by atoms with Gasteiger partial charge in [-0.2, -0.15) is 0 Å². The molecule has 0 amide bonds. The van der Waals surface area contributed by atoms with Crippen LogP contribution in [-0.2, 0) is 0 Å². The molecule has 1 N–H and O–H groups in total. The molecule has 1 heterocycles. The summed E-state index contributed by atoms with van der Waals surface area (Å²) in [5.41, 5.74) is 2.47. The van der Waals surface area contributed by atoms with E-state index in [2.05, 4.69) is 31.0 Å². The van der Waals surface area contributed by atoms with Crippen LogP contribution in [0, 0.1) is 13.8 Å². The molecule has 0 spiro atoms. The third-order valence-corrected chi connectivity index (χ3v) is 0.978. The number of hydrogen-bond donors (Lipinski definition) is 1. The zero-order valence-electron chi connectivity index (χ0n) is 7.36. The Morgan fingerprint density at radius 1 is 1.20 bits per heavy atom. The first-order chi connectivity index (χ1) is 4.70. The molecule has 0 aliphatic heterocycles. The fraction of sp³-hybridized carbons (Fsp3) is 0.556. The summed E-state index contributed by atoms with van der Waals surface area (Å²) in [6, 6.07) is 4.13. The Hall–Kier alpha value is -0.720. The van der Waals surface area contributed by atoms with Crippen LogP contribution in [0.1, 0.15) is 33.1 Å². The van der Waals surface area contributed by atoms with Crippen molar-refractivity contribution in [2.45, 2.75) is 34.1 Å². The second-order valence-corrected chi connectivity index (χ2v) is 2.53. The van der Waals surface area contributed by atoms with E-state index in [1.807, 2.05) is 13.8 Å². The van der Waals surface area contributed by atoms with E-state index >= 15 is 0 Å². The van der Waals surface area contributed by atoms with Crippen molar-refractivity contribution in [1.29, 1.82) is 0 Å². The van der Waals surface area contributed by atoms with Crippen LogP contribution < -0.4 is 0 Å². The zero-order chi connectivity index (χ0) is 7.98. The van der Waals surface area contributed by atoms with E-state index in [-0.39, 0.29) is 1.43 Å². The summed E-state index contributed by atoms with van der Waals surface area (Å²) in [6.07, 6.45) is 1.25. The van der Waals surface area contributed by atoms with Crippen molar-refractivity contribution in [3.63, 3.8) is 0 Å². The highest BCUT2D eigenvalue weighted by molar-refractivity contribution is 5.09. The lowest BCUT2D eigenvalue weighted by Crippen LogP contribution is -1.67. The third-order valence-electron chi connectivity index (χ3n) is 0.978. The van der Waals surface area contributed by atoms with Gasteiger partial charge in [0.2, 0.25) is 0 Å². The van der Waals surface area contributed by atoms with Crippen LogP contribution >= 0.6 is 0 Å². The number of nitrogens with one attached hydrogen (secondary N) is 1. The number of aromatic amines is 1. The number of H-pyrrole nitrogens is 1. The van der Waals surface area contributed by atoms with E-state index < -0.39 is 0 Å². The van der Waals surface area contributed by atoms with Crippen LogP contribution in [0.25, 0.3) is 0 Å². The maximum atomic E-state index is 3.14. The first kappa shape index (κ1) is 9.28. The molecule has 0 aliphatic rings. The Bertz CT molecular complexity index is 153. The first-order valence-electron chi connectivity index (χ1n) is 3.82. The van der Waals surface area contributed by atoms with Gasteiger partial charge < -0.3 is 4.98 Å². The summed E-state index contributed by atoms with van der Waals surface area (Å²) in [4.78, 5) is 3.14. The average molecular weight is 141 g/mol. The molecule has 1 aromatic rings. The molecule has 0 radical (unpaired) electrons. The van der Waals surface area contributed by atoms with Crippen LogP contribution in [0.2, 0.25) is 0 Å². The van der Waals surface area contributed by atoms with E-state index in [1.165, 1.54) is 17.8 Å². The van der Waals surface area contributed by atoms with E-state index in [4.69, 9.17) is 0 Å². The van der Waals surface area contributed by atoms with Gasteiger partial charge in [0.25, 0.3) is 0 Å². The van der Waals surface area contributed by atoms with E-state index in [0.29, 0.717) is 0 Å². The summed E-state index contributed by atoms with van der Waals surface area (Å²) < 4.78 is 0. The van der Waals surface area contributed by atoms with Crippen LogP contribution in [0.15, 0.2) is 12.1 Å². The fourth-order valence-electron chi connectivity index (χ4n) is 0.644. The monoisotopic (exact) mass is 141 g/mol. The zero-order valence-corrected chi connectivity index (χ0v) is 7.36. The van der Waals surface area contributed by atoms with Crippen molar-refractivity contribution in [3.05, 3.63) is 23.5 Å². The molecule has 0 fully saturated rings. The van der Waals surface area contributed by atoms with Gasteiger partial charge in [-0.3, -0.25) is 0 Å². The summed E-state index contributed by atoms with van der Waals surface area (Å²) in [6.45, 7) is 8.35. The highest BCUT2D eigenvalue weighted by Gasteiger charge is 1.82. The van der Waals surface area contributed by atoms with Gasteiger partial charge in [0, 0.05) is 12.8 Å². The summed E-state index contributed by atoms with van der Waals surface area (Å²) in [5.74, 6) is 0. The molecule has 0 saturated carbocycles. The summed E-state index contributed by atoms with van der Waals surface area (Å²) >= 11 is 0. The van der Waals surface area contributed by atoms with E-state index in [1.54, 1.807) is 0 Å². The molecule has 1 rings (SSSR count). The fourth-order valence-corrected chi connectivity index (χ4v) is 0.644. The predicted octanol–water partition coefficient (Wildman–Crippen LogP) is 3.29. The van der Waals surface area contributed by atoms with Crippen molar-refractivity contribution >= 4 is 0 Å². The van der Waals surface area contributed by atoms with E-state index in [9.17, 15) is 0 Å². The Morgan fingerprint density at radius 3 is 1.60 bits per heavy atom. The Kier molecular flexibility index (Phi) is 4.73. The van der Waals surface area contributed by atoms with Crippen LogP contribution in [0.5, 0.6) is 0 Å². The second kappa shape index (κ2) is 5.10. The van der Waals surface area contributed by atoms with Gasteiger partial charge in [0.05, 0.1) is 0 Å². The Morgan fingerprint density at radius 2 is 1.50 bits per heavy atom. The maximum Gasteiger partial charge on any atom is 0.0117 e. The molecule has 1 nitrogen and oxygen atoms in total. The largest absolute Gasteiger partial charge is 0.363 e. The van der Waals surface area contributed by atoms with Gasteiger partial charge in [-0.05, 0) is 26.0 Å². The number of aromatic nitrogens is 1. The lowest BCUT2D eigenvalue weighted by molar-refractivity contribution is 1.09. The van der Waals surface area contributed by atoms with Gasteiger partial charge in [-0.25, -0.2) is 0 Å². The standard InChI is InChI=1S/C6H9N.C3H8.H2/c1-5-3-4-6(2)7-5;1-3-2;/h3-4,7H,1-2H3;3H2,1-2H3;1H. The van der Waals surface area contributed by atoms with Crippen LogP contribution in [-0.4, -0.2) is 4.98 Å². The lowest BCUT2D eigenvalue weighted by atomic mass is 10.5. The molecule has 10 heavy (non-hydrogen) atoms. The van der Waals surface area contributed by atoms with Crippen molar-refractivity contribution in [2.24, 2.45) is 0 Å². The van der Waals surface area contributed by atoms with E-state index in [0.717, 1.165) is 0 Å². The molecule has 0 bridgehead atoms. The normalized spacial score (nSPS) is 8.40. The molecule has 0 unspecified atom stereocenters. The minimum Gasteiger partial charge on any atom is -0.363 e. The third kappa shape index (κ3) is 4.19. The molecule has 0 atom stereocenters. The molecular formula is C9H19N. The molecule has 0 aromatic carbocycles. The molecule has 60 valence electrons. The SMILES string of the molecule is CCC.Cc1ccc(C)[nH]1.[HH]. The Labute approximate surface area is 65.0 Å². The number of hydrogen-bond acceptors (Lipinski definition) is 0. The smallest absolute Gasteiger partial charge is 0.0117 e. The predicted molar refractivity (Wildman–Crippen MR) is 48.3 cm³/mol. The van der Waals surface area contributed by atoms with Crippen molar-refractivity contribution in [3.8, 4) is 0 Å². The minimum atomic E-state index is 0. The van der Waals surface area contributed by atoms with Crippen LogP contribution in [0.3, 0.4) is 0 Å². The molecular weight excluding hydrogens is 122 g/mol. The number of rotatable bonds is 0. The van der Waals surface area contributed by atoms with Crippen molar-refractivity contribution in [1.82, 2.24) is 4.98 Å². The molecule has 1 heteroatoms. The van der Waals surface area contributed by atoms with Gasteiger partial charge in [0.15, 0.2) is 0 Å². The topological polar surface area (TPSA) is 15.8 Å².